The van der Waals surface area contributed by atoms with E-state index in [0.717, 1.165) is 19.3 Å². The van der Waals surface area contributed by atoms with Crippen LogP contribution in [-0.2, 0) is 14.3 Å². The molecule has 0 N–H and O–H groups in total. The number of hydrogen-bond donors (Lipinski definition) is 0. The third-order valence-electron chi connectivity index (χ3n) is 11.2. The van der Waals surface area contributed by atoms with Gasteiger partial charge in [0.05, 0.1) is 0 Å². The first-order valence-electron chi connectivity index (χ1n) is 12.0. The maximum atomic E-state index is 12.3. The molecule has 0 bridgehead atoms. The Balaban J connectivity index is 1.62. The van der Waals surface area contributed by atoms with E-state index in [9.17, 15) is 9.59 Å². The summed E-state index contributed by atoms with van der Waals surface area (Å²) in [5.41, 5.74) is 1.42. The Morgan fingerprint density at radius 2 is 1.69 bits per heavy atom. The summed E-state index contributed by atoms with van der Waals surface area (Å²) < 4.78 is 6.26. The van der Waals surface area contributed by atoms with E-state index in [1.165, 1.54) is 12.0 Å². The molecule has 0 radical (unpaired) electrons. The van der Waals surface area contributed by atoms with Gasteiger partial charge in [-0.2, -0.15) is 0 Å². The van der Waals surface area contributed by atoms with Crippen molar-refractivity contribution in [2.24, 2.45) is 52.3 Å². The number of ether oxygens (including phenoxy) is 1. The molecule has 1 saturated heterocycles. The lowest BCUT2D eigenvalue weighted by Crippen LogP contribution is -2.59. The van der Waals surface area contributed by atoms with Crippen molar-refractivity contribution in [2.45, 2.75) is 85.7 Å². The smallest absolute Gasteiger partial charge is 0.306 e. The number of rotatable bonds is 0. The van der Waals surface area contributed by atoms with E-state index in [4.69, 9.17) is 4.74 Å². The first-order chi connectivity index (χ1) is 13.6. The number of allylic oxidation sites excluding steroid dienone is 1. The van der Waals surface area contributed by atoms with E-state index < -0.39 is 0 Å². The molecule has 4 fully saturated rings. The highest BCUT2D eigenvalue weighted by atomic mass is 16.6. The number of carbonyl (C=O) groups excluding carboxylic acids is 2. The van der Waals surface area contributed by atoms with Crippen LogP contribution in [-0.4, -0.2) is 17.4 Å². The zero-order chi connectivity index (χ0) is 20.9. The standard InChI is InChI=1S/C26H38O3/c1-14-15(2)22-19(24(5)10-7-18(27)13-20(14)24)8-11-25(6)23(22)16(3)17(4)26(25)12-9-21(28)29-26/h13-17,19,22-23H,7-12H2,1-6H3/t14-,15?,16?,17-,19?,22?,23?,24-,25+,26+/m1/s1. The van der Waals surface area contributed by atoms with Crippen LogP contribution in [0.15, 0.2) is 11.6 Å². The van der Waals surface area contributed by atoms with Crippen molar-refractivity contribution in [1.82, 2.24) is 0 Å². The molecular weight excluding hydrogens is 360 g/mol. The Kier molecular flexibility index (Phi) is 4.09. The van der Waals surface area contributed by atoms with Gasteiger partial charge in [-0.3, -0.25) is 9.59 Å². The zero-order valence-corrected chi connectivity index (χ0v) is 19.1. The summed E-state index contributed by atoms with van der Waals surface area (Å²) in [5.74, 6) is 4.24. The van der Waals surface area contributed by atoms with Crippen LogP contribution < -0.4 is 0 Å². The second kappa shape index (κ2) is 5.98. The maximum absolute atomic E-state index is 12.3. The Hall–Kier alpha value is -1.12. The fraction of sp³-hybridized carbons (Fsp3) is 0.846. The van der Waals surface area contributed by atoms with E-state index in [1.54, 1.807) is 0 Å². The van der Waals surface area contributed by atoms with Gasteiger partial charge in [0.1, 0.15) is 5.60 Å². The summed E-state index contributed by atoms with van der Waals surface area (Å²) in [6.07, 6.45) is 7.60. The third kappa shape index (κ3) is 2.20. The maximum Gasteiger partial charge on any atom is 0.306 e. The summed E-state index contributed by atoms with van der Waals surface area (Å²) in [4.78, 5) is 24.6. The van der Waals surface area contributed by atoms with E-state index in [1.807, 2.05) is 6.08 Å². The molecule has 1 spiro atoms. The highest BCUT2D eigenvalue weighted by Gasteiger charge is 2.73. The average molecular weight is 399 g/mol. The van der Waals surface area contributed by atoms with E-state index in [0.29, 0.717) is 60.1 Å². The fourth-order valence-electron chi connectivity index (χ4n) is 9.53. The Labute approximate surface area is 176 Å². The van der Waals surface area contributed by atoms with Crippen molar-refractivity contribution >= 4 is 11.8 Å². The van der Waals surface area contributed by atoms with Crippen LogP contribution in [0.5, 0.6) is 0 Å². The molecule has 5 rings (SSSR count). The van der Waals surface area contributed by atoms with E-state index in [-0.39, 0.29) is 22.4 Å². The van der Waals surface area contributed by atoms with Gasteiger partial charge in [-0.1, -0.05) is 47.1 Å². The lowest BCUT2D eigenvalue weighted by Gasteiger charge is -2.63. The molecule has 5 unspecified atom stereocenters. The van der Waals surface area contributed by atoms with Gasteiger partial charge in [-0.15, -0.1) is 0 Å². The molecule has 1 heterocycles. The topological polar surface area (TPSA) is 43.4 Å². The summed E-state index contributed by atoms with van der Waals surface area (Å²) >= 11 is 0. The van der Waals surface area contributed by atoms with Crippen molar-refractivity contribution in [1.29, 1.82) is 0 Å². The summed E-state index contributed by atoms with van der Waals surface area (Å²) in [5, 5.41) is 0. The van der Waals surface area contributed by atoms with Gasteiger partial charge in [0.2, 0.25) is 0 Å². The number of fused-ring (bicyclic) bond motifs is 6. The van der Waals surface area contributed by atoms with Crippen molar-refractivity contribution in [3.8, 4) is 0 Å². The first kappa shape index (κ1) is 19.8. The largest absolute Gasteiger partial charge is 0.458 e. The first-order valence-corrected chi connectivity index (χ1v) is 12.0. The molecule has 5 aliphatic rings. The van der Waals surface area contributed by atoms with Crippen molar-refractivity contribution < 1.29 is 14.3 Å². The fourth-order valence-corrected chi connectivity index (χ4v) is 9.53. The lowest BCUT2D eigenvalue weighted by atomic mass is 9.42. The minimum Gasteiger partial charge on any atom is -0.458 e. The molecule has 3 saturated carbocycles. The second-order valence-electron chi connectivity index (χ2n) is 11.8. The molecule has 29 heavy (non-hydrogen) atoms. The highest BCUT2D eigenvalue weighted by Crippen LogP contribution is 2.73. The minimum absolute atomic E-state index is 0.0149. The lowest BCUT2D eigenvalue weighted by molar-refractivity contribution is -0.177. The van der Waals surface area contributed by atoms with Crippen molar-refractivity contribution in [3.05, 3.63) is 11.6 Å². The van der Waals surface area contributed by atoms with Gasteiger partial charge >= 0.3 is 5.97 Å². The van der Waals surface area contributed by atoms with Gasteiger partial charge in [-0.25, -0.2) is 0 Å². The van der Waals surface area contributed by atoms with E-state index >= 15 is 0 Å². The molecule has 10 atom stereocenters. The van der Waals surface area contributed by atoms with Gasteiger partial charge in [0.25, 0.3) is 0 Å². The summed E-state index contributed by atoms with van der Waals surface area (Å²) in [7, 11) is 0. The predicted octanol–water partition coefficient (Wildman–Crippen LogP) is 5.58. The number of esters is 1. The highest BCUT2D eigenvalue weighted by molar-refractivity contribution is 5.91. The molecule has 0 aromatic heterocycles. The zero-order valence-electron chi connectivity index (χ0n) is 19.1. The van der Waals surface area contributed by atoms with Crippen LogP contribution in [0.2, 0.25) is 0 Å². The van der Waals surface area contributed by atoms with Gasteiger partial charge in [0.15, 0.2) is 5.78 Å². The monoisotopic (exact) mass is 398 g/mol. The number of ketones is 1. The van der Waals surface area contributed by atoms with Crippen LogP contribution in [0.4, 0.5) is 0 Å². The van der Waals surface area contributed by atoms with Gasteiger partial charge < -0.3 is 4.74 Å². The number of carbonyl (C=O) groups is 2. The van der Waals surface area contributed by atoms with Crippen LogP contribution in [0.1, 0.15) is 80.1 Å². The van der Waals surface area contributed by atoms with Crippen LogP contribution in [0, 0.1) is 52.3 Å². The molecule has 160 valence electrons. The molecular formula is C26H38O3. The average Bonchev–Trinajstić information content (AvgIpc) is 3.15. The van der Waals surface area contributed by atoms with Gasteiger partial charge in [0, 0.05) is 18.3 Å². The molecule has 4 aliphatic carbocycles. The van der Waals surface area contributed by atoms with Gasteiger partial charge in [-0.05, 0) is 78.6 Å². The molecule has 0 amide bonds. The SMILES string of the molecule is CC1C2C3C(C)[C@@H](C)C4=CC(=O)CC[C@]4(C)C3CC[C@]2(C)[C@]2(CCC(=O)O2)[C@@H]1C. The van der Waals surface area contributed by atoms with Crippen molar-refractivity contribution in [2.75, 3.05) is 0 Å². The summed E-state index contributed by atoms with van der Waals surface area (Å²) in [6.45, 7) is 14.5. The quantitative estimate of drug-likeness (QED) is 0.500. The van der Waals surface area contributed by atoms with Crippen LogP contribution in [0.3, 0.4) is 0 Å². The Morgan fingerprint density at radius 3 is 2.34 bits per heavy atom. The van der Waals surface area contributed by atoms with E-state index in [2.05, 4.69) is 41.5 Å². The molecule has 1 aliphatic heterocycles. The van der Waals surface area contributed by atoms with Crippen LogP contribution in [0.25, 0.3) is 0 Å². The molecule has 0 aromatic rings. The van der Waals surface area contributed by atoms with Crippen molar-refractivity contribution in [3.63, 3.8) is 0 Å². The minimum atomic E-state index is -0.262. The Bertz CT molecular complexity index is 798. The molecule has 3 nitrogen and oxygen atoms in total. The Morgan fingerprint density at radius 1 is 0.966 bits per heavy atom. The van der Waals surface area contributed by atoms with Crippen LogP contribution >= 0.6 is 0 Å². The summed E-state index contributed by atoms with van der Waals surface area (Å²) in [6, 6.07) is 0. The normalized spacial score (nSPS) is 56.5. The third-order valence-corrected chi connectivity index (χ3v) is 11.2. The number of hydrogen-bond acceptors (Lipinski definition) is 3. The predicted molar refractivity (Wildman–Crippen MR) is 113 cm³/mol. The second-order valence-corrected chi connectivity index (χ2v) is 11.8. The molecule has 3 heteroatoms. The molecule has 0 aromatic carbocycles.